The van der Waals surface area contributed by atoms with Crippen molar-refractivity contribution in [2.24, 2.45) is 11.3 Å². The molecular weight excluding hydrogens is 254 g/mol. The third-order valence-corrected chi connectivity index (χ3v) is 5.61. The van der Waals surface area contributed by atoms with Crippen molar-refractivity contribution in [2.75, 3.05) is 6.54 Å². The van der Waals surface area contributed by atoms with Gasteiger partial charge in [0, 0.05) is 6.04 Å². The van der Waals surface area contributed by atoms with Gasteiger partial charge in [-0.1, -0.05) is 37.6 Å². The van der Waals surface area contributed by atoms with Crippen LogP contribution in [-0.4, -0.2) is 12.6 Å². The fourth-order valence-electron chi connectivity index (χ4n) is 4.01. The standard InChI is InChI=1S/C20H31N/c1-14-5-6-15(2)18(11-14)19-12-20(3,4)10-9-16(19)13-21-17-7-8-17/h5-6,11,16-17,19,21H,7-10,12-13H2,1-4H3. The van der Waals surface area contributed by atoms with Crippen molar-refractivity contribution in [3.8, 4) is 0 Å². The van der Waals surface area contributed by atoms with Crippen LogP contribution in [0, 0.1) is 25.2 Å². The number of nitrogens with one attached hydrogen (secondary N) is 1. The monoisotopic (exact) mass is 285 g/mol. The fourth-order valence-corrected chi connectivity index (χ4v) is 4.01. The van der Waals surface area contributed by atoms with E-state index < -0.39 is 0 Å². The van der Waals surface area contributed by atoms with Crippen molar-refractivity contribution in [1.82, 2.24) is 5.32 Å². The first-order chi connectivity index (χ1) is 9.94. The Labute approximate surface area is 130 Å². The molecule has 3 rings (SSSR count). The van der Waals surface area contributed by atoms with Crippen LogP contribution in [0.5, 0.6) is 0 Å². The largest absolute Gasteiger partial charge is 0.314 e. The molecule has 2 saturated carbocycles. The maximum absolute atomic E-state index is 3.79. The van der Waals surface area contributed by atoms with Crippen molar-refractivity contribution in [3.05, 3.63) is 34.9 Å². The average Bonchev–Trinajstić information content (AvgIpc) is 3.23. The summed E-state index contributed by atoms with van der Waals surface area (Å²) >= 11 is 0. The van der Waals surface area contributed by atoms with Crippen LogP contribution >= 0.6 is 0 Å². The lowest BCUT2D eigenvalue weighted by Gasteiger charge is -2.42. The molecule has 2 atom stereocenters. The average molecular weight is 285 g/mol. The summed E-state index contributed by atoms with van der Waals surface area (Å²) < 4.78 is 0. The molecule has 1 heteroatoms. The van der Waals surface area contributed by atoms with E-state index in [0.29, 0.717) is 5.41 Å². The zero-order valence-corrected chi connectivity index (χ0v) is 14.2. The van der Waals surface area contributed by atoms with E-state index in [2.05, 4.69) is 51.2 Å². The van der Waals surface area contributed by atoms with Crippen molar-refractivity contribution < 1.29 is 0 Å². The number of hydrogen-bond acceptors (Lipinski definition) is 1. The first kappa shape index (κ1) is 15.1. The van der Waals surface area contributed by atoms with E-state index >= 15 is 0 Å². The molecule has 2 aliphatic carbocycles. The second kappa shape index (κ2) is 5.76. The predicted molar refractivity (Wildman–Crippen MR) is 90.8 cm³/mol. The highest BCUT2D eigenvalue weighted by atomic mass is 14.9. The van der Waals surface area contributed by atoms with E-state index in [1.807, 2.05) is 0 Å². The summed E-state index contributed by atoms with van der Waals surface area (Å²) in [5, 5.41) is 3.79. The molecule has 2 aliphatic rings. The Hall–Kier alpha value is -0.820. The van der Waals surface area contributed by atoms with Gasteiger partial charge in [0.1, 0.15) is 0 Å². The van der Waals surface area contributed by atoms with Gasteiger partial charge in [-0.15, -0.1) is 0 Å². The minimum Gasteiger partial charge on any atom is -0.314 e. The van der Waals surface area contributed by atoms with Gasteiger partial charge in [-0.05, 0) is 80.9 Å². The maximum atomic E-state index is 3.79. The molecule has 21 heavy (non-hydrogen) atoms. The highest BCUT2D eigenvalue weighted by Crippen LogP contribution is 2.47. The zero-order chi connectivity index (χ0) is 15.0. The summed E-state index contributed by atoms with van der Waals surface area (Å²) in [6, 6.07) is 7.85. The molecule has 2 fully saturated rings. The Morgan fingerprint density at radius 3 is 2.62 bits per heavy atom. The summed E-state index contributed by atoms with van der Waals surface area (Å²) in [5.41, 5.74) is 5.01. The fraction of sp³-hybridized carbons (Fsp3) is 0.700. The molecule has 1 N–H and O–H groups in total. The van der Waals surface area contributed by atoms with Crippen molar-refractivity contribution in [3.63, 3.8) is 0 Å². The van der Waals surface area contributed by atoms with Crippen LogP contribution in [0.1, 0.15) is 68.6 Å². The summed E-state index contributed by atoms with van der Waals surface area (Å²) in [6.45, 7) is 10.7. The van der Waals surface area contributed by atoms with Crippen LogP contribution in [-0.2, 0) is 0 Å². The normalized spacial score (nSPS) is 28.6. The van der Waals surface area contributed by atoms with Crippen LogP contribution in [0.2, 0.25) is 0 Å². The minimum atomic E-state index is 0.497. The molecular formula is C20H31N. The van der Waals surface area contributed by atoms with Crippen LogP contribution < -0.4 is 5.32 Å². The summed E-state index contributed by atoms with van der Waals surface area (Å²) in [5.74, 6) is 1.55. The highest BCUT2D eigenvalue weighted by Gasteiger charge is 2.36. The number of hydrogen-bond donors (Lipinski definition) is 1. The maximum Gasteiger partial charge on any atom is 0.00683 e. The zero-order valence-electron chi connectivity index (χ0n) is 14.2. The lowest BCUT2D eigenvalue weighted by atomic mass is 9.64. The van der Waals surface area contributed by atoms with Crippen LogP contribution in [0.15, 0.2) is 18.2 Å². The topological polar surface area (TPSA) is 12.0 Å². The van der Waals surface area contributed by atoms with Gasteiger partial charge in [0.15, 0.2) is 0 Å². The van der Waals surface area contributed by atoms with Gasteiger partial charge in [-0.25, -0.2) is 0 Å². The first-order valence-electron chi connectivity index (χ1n) is 8.75. The number of rotatable bonds is 4. The van der Waals surface area contributed by atoms with Gasteiger partial charge in [0.05, 0.1) is 0 Å². The van der Waals surface area contributed by atoms with Crippen molar-refractivity contribution >= 4 is 0 Å². The van der Waals surface area contributed by atoms with Gasteiger partial charge in [0.25, 0.3) is 0 Å². The molecule has 0 aromatic heterocycles. The Balaban J connectivity index is 1.82. The first-order valence-corrected chi connectivity index (χ1v) is 8.75. The third-order valence-electron chi connectivity index (χ3n) is 5.61. The molecule has 0 heterocycles. The Morgan fingerprint density at radius 1 is 1.14 bits per heavy atom. The van der Waals surface area contributed by atoms with Gasteiger partial charge >= 0.3 is 0 Å². The van der Waals surface area contributed by atoms with E-state index in [4.69, 9.17) is 0 Å². The lowest BCUT2D eigenvalue weighted by Crippen LogP contribution is -2.35. The molecule has 1 aromatic carbocycles. The SMILES string of the molecule is Cc1ccc(C)c(C2CC(C)(C)CCC2CNC2CC2)c1. The molecule has 1 nitrogen and oxygen atoms in total. The second-order valence-electron chi connectivity index (χ2n) is 8.32. The van der Waals surface area contributed by atoms with E-state index in [1.165, 1.54) is 49.8 Å². The van der Waals surface area contributed by atoms with Gasteiger partial charge in [-0.2, -0.15) is 0 Å². The number of aryl methyl sites for hydroxylation is 2. The summed E-state index contributed by atoms with van der Waals surface area (Å²) in [7, 11) is 0. The van der Waals surface area contributed by atoms with Crippen LogP contribution in [0.3, 0.4) is 0 Å². The minimum absolute atomic E-state index is 0.497. The quantitative estimate of drug-likeness (QED) is 0.824. The Morgan fingerprint density at radius 2 is 1.90 bits per heavy atom. The predicted octanol–water partition coefficient (Wildman–Crippen LogP) is 4.97. The molecule has 116 valence electrons. The summed E-state index contributed by atoms with van der Waals surface area (Å²) in [4.78, 5) is 0. The summed E-state index contributed by atoms with van der Waals surface area (Å²) in [6.07, 6.45) is 6.89. The van der Waals surface area contributed by atoms with Gasteiger partial charge in [0.2, 0.25) is 0 Å². The van der Waals surface area contributed by atoms with E-state index in [-0.39, 0.29) is 0 Å². The molecule has 0 aliphatic heterocycles. The molecule has 1 aromatic rings. The molecule has 0 radical (unpaired) electrons. The van der Waals surface area contributed by atoms with E-state index in [1.54, 1.807) is 5.56 Å². The van der Waals surface area contributed by atoms with Gasteiger partial charge in [-0.3, -0.25) is 0 Å². The van der Waals surface area contributed by atoms with Crippen molar-refractivity contribution in [2.45, 2.75) is 71.8 Å². The smallest absolute Gasteiger partial charge is 0.00683 e. The van der Waals surface area contributed by atoms with E-state index in [9.17, 15) is 0 Å². The Kier molecular flexibility index (Phi) is 4.14. The van der Waals surface area contributed by atoms with Crippen LogP contribution in [0.4, 0.5) is 0 Å². The van der Waals surface area contributed by atoms with Crippen molar-refractivity contribution in [1.29, 1.82) is 0 Å². The highest BCUT2D eigenvalue weighted by molar-refractivity contribution is 5.34. The third kappa shape index (κ3) is 3.69. The van der Waals surface area contributed by atoms with Gasteiger partial charge < -0.3 is 5.32 Å². The molecule has 0 bridgehead atoms. The lowest BCUT2D eigenvalue weighted by molar-refractivity contribution is 0.159. The molecule has 2 unspecified atom stereocenters. The van der Waals surface area contributed by atoms with E-state index in [0.717, 1.165) is 17.9 Å². The molecule has 0 spiro atoms. The van der Waals surface area contributed by atoms with Crippen LogP contribution in [0.25, 0.3) is 0 Å². The Bertz CT molecular complexity index is 497. The molecule has 0 amide bonds. The number of benzene rings is 1. The molecule has 0 saturated heterocycles. The second-order valence-corrected chi connectivity index (χ2v) is 8.32.